The van der Waals surface area contributed by atoms with Crippen molar-refractivity contribution < 1.29 is 0 Å². The molecular formula is C11H19N3. The first-order chi connectivity index (χ1) is 6.70. The second-order valence-electron chi connectivity index (χ2n) is 4.62. The Morgan fingerprint density at radius 3 is 2.79 bits per heavy atom. The van der Waals surface area contributed by atoms with Crippen molar-refractivity contribution in [1.82, 2.24) is 14.9 Å². The van der Waals surface area contributed by atoms with Crippen molar-refractivity contribution in [3.8, 4) is 0 Å². The number of imidazole rings is 1. The molecule has 1 aromatic rings. The Labute approximate surface area is 85.5 Å². The Balaban J connectivity index is 1.91. The van der Waals surface area contributed by atoms with Gasteiger partial charge in [0, 0.05) is 25.3 Å². The highest BCUT2D eigenvalue weighted by Gasteiger charge is 2.27. The van der Waals surface area contributed by atoms with Crippen LogP contribution in [0.4, 0.5) is 0 Å². The third kappa shape index (κ3) is 1.98. The van der Waals surface area contributed by atoms with Gasteiger partial charge in [0.1, 0.15) is 0 Å². The summed E-state index contributed by atoms with van der Waals surface area (Å²) < 4.78 is 2.07. The fraction of sp³-hybridized carbons (Fsp3) is 0.727. The summed E-state index contributed by atoms with van der Waals surface area (Å²) >= 11 is 0. The molecule has 1 fully saturated rings. The van der Waals surface area contributed by atoms with E-state index in [1.807, 2.05) is 19.6 Å². The Kier molecular flexibility index (Phi) is 2.59. The molecule has 3 nitrogen and oxygen atoms in total. The van der Waals surface area contributed by atoms with Crippen LogP contribution in [0, 0.1) is 0 Å². The van der Waals surface area contributed by atoms with E-state index in [2.05, 4.69) is 21.8 Å². The monoisotopic (exact) mass is 193 g/mol. The quantitative estimate of drug-likeness (QED) is 0.794. The van der Waals surface area contributed by atoms with E-state index in [4.69, 9.17) is 0 Å². The van der Waals surface area contributed by atoms with Crippen molar-refractivity contribution in [2.24, 2.45) is 7.05 Å². The van der Waals surface area contributed by atoms with Gasteiger partial charge in [-0.05, 0) is 19.8 Å². The lowest BCUT2D eigenvalue weighted by Gasteiger charge is -2.25. The first kappa shape index (κ1) is 9.71. The molecule has 0 aromatic carbocycles. The normalized spacial score (nSPS) is 20.1. The number of aromatic nitrogens is 2. The van der Waals surface area contributed by atoms with Gasteiger partial charge in [-0.3, -0.25) is 0 Å². The van der Waals surface area contributed by atoms with Crippen LogP contribution < -0.4 is 5.32 Å². The molecule has 1 heterocycles. The molecule has 2 rings (SSSR count). The van der Waals surface area contributed by atoms with Crippen LogP contribution in [0.5, 0.6) is 0 Å². The Bertz CT molecular complexity index is 297. The van der Waals surface area contributed by atoms with E-state index in [0.29, 0.717) is 5.54 Å². The van der Waals surface area contributed by atoms with Crippen LogP contribution in [-0.2, 0) is 13.6 Å². The van der Waals surface area contributed by atoms with Crippen LogP contribution in [0.3, 0.4) is 0 Å². The first-order valence-electron chi connectivity index (χ1n) is 5.40. The highest BCUT2D eigenvalue weighted by atomic mass is 15.1. The van der Waals surface area contributed by atoms with Gasteiger partial charge in [-0.1, -0.05) is 12.8 Å². The number of hydrogen-bond acceptors (Lipinski definition) is 2. The summed E-state index contributed by atoms with van der Waals surface area (Å²) in [5.74, 6) is 0. The van der Waals surface area contributed by atoms with Crippen molar-refractivity contribution in [1.29, 1.82) is 0 Å². The van der Waals surface area contributed by atoms with Gasteiger partial charge in [-0.25, -0.2) is 4.98 Å². The molecular weight excluding hydrogens is 174 g/mol. The number of hydrogen-bond donors (Lipinski definition) is 1. The SMILES string of the molecule is Cn1cncc1CNC1(C)CCCC1. The zero-order chi connectivity index (χ0) is 10.0. The van der Waals surface area contributed by atoms with Gasteiger partial charge >= 0.3 is 0 Å². The van der Waals surface area contributed by atoms with Gasteiger partial charge in [-0.2, -0.15) is 0 Å². The molecule has 0 atom stereocenters. The highest BCUT2D eigenvalue weighted by molar-refractivity contribution is 4.99. The van der Waals surface area contributed by atoms with E-state index in [0.717, 1.165) is 6.54 Å². The van der Waals surface area contributed by atoms with Crippen molar-refractivity contribution >= 4 is 0 Å². The van der Waals surface area contributed by atoms with E-state index >= 15 is 0 Å². The first-order valence-corrected chi connectivity index (χ1v) is 5.40. The summed E-state index contributed by atoms with van der Waals surface area (Å²) in [5.41, 5.74) is 1.63. The average Bonchev–Trinajstić information content (AvgIpc) is 2.73. The molecule has 0 saturated heterocycles. The molecule has 14 heavy (non-hydrogen) atoms. The molecule has 0 amide bonds. The van der Waals surface area contributed by atoms with Crippen molar-refractivity contribution in [3.05, 3.63) is 18.2 Å². The van der Waals surface area contributed by atoms with Gasteiger partial charge in [0.15, 0.2) is 0 Å². The number of aryl methyl sites for hydroxylation is 1. The van der Waals surface area contributed by atoms with Gasteiger partial charge in [0.2, 0.25) is 0 Å². The molecule has 0 unspecified atom stereocenters. The molecule has 1 aliphatic carbocycles. The Morgan fingerprint density at radius 2 is 2.21 bits per heavy atom. The molecule has 0 bridgehead atoms. The van der Waals surface area contributed by atoms with E-state index in [1.165, 1.54) is 31.4 Å². The standard InChI is InChI=1S/C11H19N3/c1-11(5-3-4-6-11)13-8-10-7-12-9-14(10)2/h7,9,13H,3-6,8H2,1-2H3. The van der Waals surface area contributed by atoms with Crippen LogP contribution in [0.25, 0.3) is 0 Å². The number of nitrogens with one attached hydrogen (secondary N) is 1. The minimum absolute atomic E-state index is 0.365. The fourth-order valence-corrected chi connectivity index (χ4v) is 2.19. The van der Waals surface area contributed by atoms with Gasteiger partial charge in [0.25, 0.3) is 0 Å². The zero-order valence-electron chi connectivity index (χ0n) is 9.08. The van der Waals surface area contributed by atoms with E-state index < -0.39 is 0 Å². The fourth-order valence-electron chi connectivity index (χ4n) is 2.19. The largest absolute Gasteiger partial charge is 0.337 e. The predicted molar refractivity (Wildman–Crippen MR) is 56.9 cm³/mol. The van der Waals surface area contributed by atoms with Crippen molar-refractivity contribution in [2.45, 2.75) is 44.7 Å². The van der Waals surface area contributed by atoms with E-state index in [1.54, 1.807) is 0 Å². The summed E-state index contributed by atoms with van der Waals surface area (Å²) in [6, 6.07) is 0. The summed E-state index contributed by atoms with van der Waals surface area (Å²) in [5, 5.41) is 3.64. The van der Waals surface area contributed by atoms with E-state index in [9.17, 15) is 0 Å². The second-order valence-corrected chi connectivity index (χ2v) is 4.62. The minimum atomic E-state index is 0.365. The van der Waals surface area contributed by atoms with Crippen LogP contribution >= 0.6 is 0 Å². The lowest BCUT2D eigenvalue weighted by Crippen LogP contribution is -2.39. The maximum atomic E-state index is 4.11. The van der Waals surface area contributed by atoms with Gasteiger partial charge in [0.05, 0.1) is 12.0 Å². The Morgan fingerprint density at radius 1 is 1.50 bits per heavy atom. The predicted octanol–water partition coefficient (Wildman–Crippen LogP) is 1.84. The average molecular weight is 193 g/mol. The lowest BCUT2D eigenvalue weighted by atomic mass is 10.0. The minimum Gasteiger partial charge on any atom is -0.337 e. The number of nitrogens with zero attached hydrogens (tertiary/aromatic N) is 2. The molecule has 3 heteroatoms. The molecule has 0 radical (unpaired) electrons. The van der Waals surface area contributed by atoms with Gasteiger partial charge in [-0.15, -0.1) is 0 Å². The topological polar surface area (TPSA) is 29.9 Å². The van der Waals surface area contributed by atoms with Crippen LogP contribution in [0.15, 0.2) is 12.5 Å². The third-order valence-electron chi connectivity index (χ3n) is 3.32. The number of rotatable bonds is 3. The molecule has 0 aliphatic heterocycles. The molecule has 1 N–H and O–H groups in total. The molecule has 1 saturated carbocycles. The zero-order valence-corrected chi connectivity index (χ0v) is 9.08. The third-order valence-corrected chi connectivity index (χ3v) is 3.32. The van der Waals surface area contributed by atoms with Gasteiger partial charge < -0.3 is 9.88 Å². The van der Waals surface area contributed by atoms with Crippen molar-refractivity contribution in [2.75, 3.05) is 0 Å². The second kappa shape index (κ2) is 3.73. The van der Waals surface area contributed by atoms with Crippen molar-refractivity contribution in [3.63, 3.8) is 0 Å². The molecule has 78 valence electrons. The summed E-state index contributed by atoms with van der Waals surface area (Å²) in [7, 11) is 2.04. The van der Waals surface area contributed by atoms with Crippen LogP contribution in [-0.4, -0.2) is 15.1 Å². The molecule has 0 spiro atoms. The van der Waals surface area contributed by atoms with Crippen LogP contribution in [0.1, 0.15) is 38.3 Å². The Hall–Kier alpha value is -0.830. The molecule has 1 aromatic heterocycles. The van der Waals surface area contributed by atoms with E-state index in [-0.39, 0.29) is 0 Å². The summed E-state index contributed by atoms with van der Waals surface area (Å²) in [4.78, 5) is 4.11. The maximum Gasteiger partial charge on any atom is 0.0945 e. The highest BCUT2D eigenvalue weighted by Crippen LogP contribution is 2.29. The van der Waals surface area contributed by atoms with Crippen LogP contribution in [0.2, 0.25) is 0 Å². The smallest absolute Gasteiger partial charge is 0.0945 e. The maximum absolute atomic E-state index is 4.11. The summed E-state index contributed by atoms with van der Waals surface area (Å²) in [6.45, 7) is 3.27. The lowest BCUT2D eigenvalue weighted by molar-refractivity contribution is 0.358. The summed E-state index contributed by atoms with van der Waals surface area (Å²) in [6.07, 6.45) is 9.15. The molecule has 1 aliphatic rings.